The number of aliphatic hydroxyl groups excluding tert-OH is 1. The highest BCUT2D eigenvalue weighted by atomic mass is 16.4. The third-order valence-corrected chi connectivity index (χ3v) is 11.9. The zero-order valence-corrected chi connectivity index (χ0v) is 42.4. The van der Waals surface area contributed by atoms with Gasteiger partial charge < -0.3 is 92.5 Å². The summed E-state index contributed by atoms with van der Waals surface area (Å²) in [5.41, 5.74) is 39.5. The molecule has 416 valence electrons. The first-order valence-electron chi connectivity index (χ1n) is 24.8. The van der Waals surface area contributed by atoms with Gasteiger partial charge in [-0.1, -0.05) is 24.6 Å². The number of carboxylic acid groups (broad SMARTS) is 1. The molecule has 75 heavy (non-hydrogen) atoms. The molecule has 1 heterocycles. The van der Waals surface area contributed by atoms with E-state index in [0.29, 0.717) is 49.8 Å². The summed E-state index contributed by atoms with van der Waals surface area (Å²) in [5.74, 6) is -8.12. The highest BCUT2D eigenvalue weighted by Gasteiger charge is 2.39. The molecule has 0 aliphatic carbocycles. The van der Waals surface area contributed by atoms with Crippen molar-refractivity contribution < 1.29 is 53.4 Å². The SMILES string of the molecule is C[C@H](NC(=O)[C@@H](NC(=O)C(N)CCCCN)[C@@H](O)CN)C(=O)NCC(=O)N[C@H](CCCN)C(=O)N1CCC[C@H]1C(=O)N[C@@H](Cc1ccc(C#N)cc1)C(=O)N[C@@H](CCCCN)C(=O)N/C(=C\CCN=C(N)N)C(=O)O. The molecule has 0 saturated carbocycles. The summed E-state index contributed by atoms with van der Waals surface area (Å²) in [5, 5.41) is 46.9. The first-order valence-corrected chi connectivity index (χ1v) is 24.8. The number of carbonyl (C=O) groups excluding carboxylic acids is 8. The van der Waals surface area contributed by atoms with Gasteiger partial charge in [0, 0.05) is 26.1 Å². The number of guanidine groups is 1. The fraction of sp³-hybridized carbons (Fsp3) is 0.596. The average molecular weight is 1060 g/mol. The van der Waals surface area contributed by atoms with Gasteiger partial charge in [0.15, 0.2) is 5.96 Å². The zero-order valence-electron chi connectivity index (χ0n) is 42.4. The number of rotatable bonds is 34. The molecule has 0 spiro atoms. The fourth-order valence-electron chi connectivity index (χ4n) is 7.67. The number of amides is 8. The minimum Gasteiger partial charge on any atom is -0.477 e. The van der Waals surface area contributed by atoms with E-state index in [4.69, 9.17) is 40.1 Å². The molecule has 23 N–H and O–H groups in total. The van der Waals surface area contributed by atoms with Gasteiger partial charge in [0.05, 0.1) is 30.3 Å². The van der Waals surface area contributed by atoms with E-state index in [0.717, 1.165) is 0 Å². The number of unbranched alkanes of at least 4 members (excludes halogenated alkanes) is 2. The monoisotopic (exact) mass is 1060 g/mol. The van der Waals surface area contributed by atoms with Crippen molar-refractivity contribution >= 4 is 59.2 Å². The van der Waals surface area contributed by atoms with Gasteiger partial charge in [0.2, 0.25) is 47.3 Å². The number of aliphatic carboxylic acids is 1. The average Bonchev–Trinajstić information content (AvgIpc) is 3.88. The lowest BCUT2D eigenvalue weighted by atomic mass is 10.0. The van der Waals surface area contributed by atoms with Gasteiger partial charge in [0.25, 0.3) is 0 Å². The molecule has 1 unspecified atom stereocenters. The second-order valence-corrected chi connectivity index (χ2v) is 17.8. The number of likely N-dealkylation sites (tertiary alicyclic amines) is 1. The summed E-state index contributed by atoms with van der Waals surface area (Å²) in [6, 6.07) is -0.748. The molecule has 8 atom stereocenters. The summed E-state index contributed by atoms with van der Waals surface area (Å²) < 4.78 is 0. The maximum atomic E-state index is 14.2. The number of carbonyl (C=O) groups is 9. The fourth-order valence-corrected chi connectivity index (χ4v) is 7.67. The topological polar surface area (TPSA) is 500 Å². The van der Waals surface area contributed by atoms with Crippen molar-refractivity contribution in [3.63, 3.8) is 0 Å². The Hall–Kier alpha value is -7.29. The van der Waals surface area contributed by atoms with E-state index < -0.39 is 120 Å². The van der Waals surface area contributed by atoms with Crippen LogP contribution in [0.4, 0.5) is 0 Å². The molecule has 2 rings (SSSR count). The molecule has 1 aromatic carbocycles. The Labute approximate surface area is 435 Å². The molecule has 0 bridgehead atoms. The van der Waals surface area contributed by atoms with Crippen molar-refractivity contribution in [2.45, 2.75) is 132 Å². The summed E-state index contributed by atoms with van der Waals surface area (Å²) in [4.78, 5) is 126. The van der Waals surface area contributed by atoms with Crippen LogP contribution in [0.15, 0.2) is 41.0 Å². The molecule has 0 radical (unpaired) electrons. The first-order chi connectivity index (χ1) is 35.7. The number of carboxylic acids is 1. The van der Waals surface area contributed by atoms with Crippen LogP contribution in [0.3, 0.4) is 0 Å². The predicted molar refractivity (Wildman–Crippen MR) is 274 cm³/mol. The van der Waals surface area contributed by atoms with E-state index in [9.17, 15) is 58.6 Å². The van der Waals surface area contributed by atoms with Gasteiger partial charge in [-0.3, -0.25) is 43.3 Å². The molecule has 1 aliphatic heterocycles. The standard InChI is InChI=1S/C47H77N17O11/c1-27(58-44(72)38(36(65)25-52)63-40(68)30(53)9-2-4-18-48)39(67)57-26-37(66)59-32(11-6-20-50)45(73)64-22-8-13-35(64)43(71)62-34(23-28-14-16-29(24-51)17-15-28)42(70)60-31(10-3-5-19-49)41(69)61-33(46(74)75)12-7-21-56-47(54)55/h12,14-17,27,30-32,34-36,38,65H,2-11,13,18-23,25-26,48-50,52-53H2,1H3,(H,57,67)(H,58,72)(H,59,66)(H,60,70)(H,61,69)(H,62,71)(H,63,68)(H,74,75)(H4,54,55,56)/b33-12-/t27-,30?,31-,32+,34-,35-,36-,38-/m0/s1. The number of nitrogens with zero attached hydrogens (tertiary/aromatic N) is 3. The van der Waals surface area contributed by atoms with Gasteiger partial charge in [-0.05, 0) is 108 Å². The van der Waals surface area contributed by atoms with E-state index in [1.807, 2.05) is 6.07 Å². The molecular weight excluding hydrogens is 979 g/mol. The summed E-state index contributed by atoms with van der Waals surface area (Å²) >= 11 is 0. The Morgan fingerprint density at radius 2 is 1.43 bits per heavy atom. The molecule has 1 aromatic rings. The van der Waals surface area contributed by atoms with Gasteiger partial charge in [-0.15, -0.1) is 0 Å². The van der Waals surface area contributed by atoms with Gasteiger partial charge in [-0.25, -0.2) is 4.79 Å². The second kappa shape index (κ2) is 34.2. The van der Waals surface area contributed by atoms with Crippen LogP contribution in [0.5, 0.6) is 0 Å². The number of aliphatic imine (C=N–C) groups is 1. The van der Waals surface area contributed by atoms with Crippen molar-refractivity contribution in [2.24, 2.45) is 45.1 Å². The third-order valence-electron chi connectivity index (χ3n) is 11.9. The third kappa shape index (κ3) is 22.8. The molecule has 28 nitrogen and oxygen atoms in total. The normalized spacial score (nSPS) is 16.0. The molecule has 28 heteroatoms. The minimum absolute atomic E-state index is 0.0293. The second-order valence-electron chi connectivity index (χ2n) is 17.8. The molecule has 1 fully saturated rings. The van der Waals surface area contributed by atoms with Crippen LogP contribution >= 0.6 is 0 Å². The van der Waals surface area contributed by atoms with Crippen LogP contribution in [0, 0.1) is 11.3 Å². The number of nitrogens with two attached hydrogens (primary N) is 7. The first kappa shape index (κ1) is 63.8. The van der Waals surface area contributed by atoms with Crippen LogP contribution in [-0.2, 0) is 49.6 Å². The molecule has 1 aliphatic rings. The van der Waals surface area contributed by atoms with E-state index in [1.165, 1.54) is 30.0 Å². The van der Waals surface area contributed by atoms with Crippen LogP contribution in [0.1, 0.15) is 88.7 Å². The number of nitrogens with one attached hydrogen (secondary N) is 7. The van der Waals surface area contributed by atoms with Crippen molar-refractivity contribution in [3.8, 4) is 6.07 Å². The lowest BCUT2D eigenvalue weighted by molar-refractivity contribution is -0.142. The molecular formula is C47H77N17O11. The Balaban J connectivity index is 2.27. The minimum atomic E-state index is -1.57. The summed E-state index contributed by atoms with van der Waals surface area (Å²) in [6.45, 7) is 1.10. The number of hydrogen-bond donors (Lipinski definition) is 16. The summed E-state index contributed by atoms with van der Waals surface area (Å²) in [6.07, 6.45) is 2.63. The molecule has 1 saturated heterocycles. The number of nitriles is 1. The zero-order chi connectivity index (χ0) is 56.0. The van der Waals surface area contributed by atoms with Crippen LogP contribution < -0.4 is 77.4 Å². The predicted octanol–water partition coefficient (Wildman–Crippen LogP) is -5.96. The van der Waals surface area contributed by atoms with Crippen LogP contribution in [0.2, 0.25) is 0 Å². The van der Waals surface area contributed by atoms with Crippen molar-refractivity contribution in [1.82, 2.24) is 42.1 Å². The highest BCUT2D eigenvalue weighted by Crippen LogP contribution is 2.21. The lowest BCUT2D eigenvalue weighted by Crippen LogP contribution is -2.60. The maximum Gasteiger partial charge on any atom is 0.352 e. The smallest absolute Gasteiger partial charge is 0.352 e. The summed E-state index contributed by atoms with van der Waals surface area (Å²) in [7, 11) is 0. The lowest BCUT2D eigenvalue weighted by Gasteiger charge is -2.30. The van der Waals surface area contributed by atoms with E-state index >= 15 is 0 Å². The Morgan fingerprint density at radius 3 is 2.03 bits per heavy atom. The quantitative estimate of drug-likeness (QED) is 0.0132. The highest BCUT2D eigenvalue weighted by molar-refractivity contribution is 5.99. The van der Waals surface area contributed by atoms with Crippen molar-refractivity contribution in [3.05, 3.63) is 47.2 Å². The van der Waals surface area contributed by atoms with Gasteiger partial charge in [0.1, 0.15) is 41.9 Å². The number of benzene rings is 1. The van der Waals surface area contributed by atoms with Crippen LogP contribution in [-0.4, -0.2) is 169 Å². The Morgan fingerprint density at radius 1 is 0.787 bits per heavy atom. The van der Waals surface area contributed by atoms with E-state index in [1.54, 1.807) is 12.1 Å². The van der Waals surface area contributed by atoms with Gasteiger partial charge >= 0.3 is 5.97 Å². The van der Waals surface area contributed by atoms with E-state index in [-0.39, 0.29) is 77.1 Å². The Bertz CT molecular complexity index is 2190. The van der Waals surface area contributed by atoms with Crippen molar-refractivity contribution in [2.75, 3.05) is 45.8 Å². The molecule has 0 aromatic heterocycles. The van der Waals surface area contributed by atoms with E-state index in [2.05, 4.69) is 42.2 Å². The van der Waals surface area contributed by atoms with Crippen molar-refractivity contribution in [1.29, 1.82) is 5.26 Å². The van der Waals surface area contributed by atoms with Crippen LogP contribution in [0.25, 0.3) is 0 Å². The van der Waals surface area contributed by atoms with Gasteiger partial charge in [-0.2, -0.15) is 5.26 Å². The number of hydrogen-bond acceptors (Lipinski definition) is 17. The molecule has 8 amide bonds. The number of aliphatic hydroxyl groups is 1. The maximum absolute atomic E-state index is 14.2. The Kier molecular flexibility index (Phi) is 29.1. The largest absolute Gasteiger partial charge is 0.477 e.